The van der Waals surface area contributed by atoms with Crippen LogP contribution in [0.4, 0.5) is 0 Å². The van der Waals surface area contributed by atoms with Gasteiger partial charge in [0, 0.05) is 18.9 Å². The number of esters is 3. The van der Waals surface area contributed by atoms with Gasteiger partial charge in [-0.2, -0.15) is 0 Å². The highest BCUT2D eigenvalue weighted by Crippen LogP contribution is 2.38. The summed E-state index contributed by atoms with van der Waals surface area (Å²) in [7, 11) is 1.13. The molecule has 12 heteroatoms. The van der Waals surface area contributed by atoms with Crippen molar-refractivity contribution < 1.29 is 51.6 Å². The highest BCUT2D eigenvalue weighted by Gasteiger charge is 2.21. The average molecular weight is 804 g/mol. The predicted molar refractivity (Wildman–Crippen MR) is 219 cm³/mol. The van der Waals surface area contributed by atoms with Crippen LogP contribution in [0.1, 0.15) is 187 Å². The van der Waals surface area contributed by atoms with Gasteiger partial charge in [-0.15, -0.1) is 0 Å². The number of ether oxygens (including phenoxy) is 3. The SMILES string of the molecule is C=CC(=O)OCCCCCCCCCCCCCCCC(=O)O[C@H](COC(=O)CCCCCCCCCCCCCCC)COP(=O)([O-])OCC[N+](C)(C)C. The summed E-state index contributed by atoms with van der Waals surface area (Å²) in [6, 6.07) is 0. The van der Waals surface area contributed by atoms with Gasteiger partial charge in [-0.1, -0.05) is 161 Å². The Kier molecular flexibility index (Phi) is 35.4. The fourth-order valence-electron chi connectivity index (χ4n) is 6.09. The second kappa shape index (κ2) is 36.6. The lowest BCUT2D eigenvalue weighted by Gasteiger charge is -2.28. The molecule has 0 radical (unpaired) electrons. The first-order valence-electron chi connectivity index (χ1n) is 21.9. The third-order valence-electron chi connectivity index (χ3n) is 9.58. The molecule has 324 valence electrons. The molecule has 0 aromatic heterocycles. The smallest absolute Gasteiger partial charge is 0.330 e. The van der Waals surface area contributed by atoms with Crippen molar-refractivity contribution in [1.29, 1.82) is 0 Å². The van der Waals surface area contributed by atoms with Crippen LogP contribution in [-0.4, -0.2) is 82.6 Å². The lowest BCUT2D eigenvalue weighted by atomic mass is 10.0. The molecule has 0 aliphatic carbocycles. The van der Waals surface area contributed by atoms with E-state index in [0.717, 1.165) is 57.8 Å². The van der Waals surface area contributed by atoms with E-state index in [1.807, 2.05) is 21.1 Å². The zero-order valence-corrected chi connectivity index (χ0v) is 36.6. The predicted octanol–water partition coefficient (Wildman–Crippen LogP) is 10.3. The zero-order chi connectivity index (χ0) is 40.9. The third-order valence-corrected chi connectivity index (χ3v) is 10.5. The molecule has 0 rings (SSSR count). The maximum Gasteiger partial charge on any atom is 0.330 e. The van der Waals surface area contributed by atoms with Gasteiger partial charge in [0.1, 0.15) is 19.8 Å². The van der Waals surface area contributed by atoms with Gasteiger partial charge >= 0.3 is 17.9 Å². The molecule has 0 heterocycles. The minimum Gasteiger partial charge on any atom is -0.756 e. The summed E-state index contributed by atoms with van der Waals surface area (Å²) >= 11 is 0. The van der Waals surface area contributed by atoms with Crippen molar-refractivity contribution in [2.75, 3.05) is 54.1 Å². The van der Waals surface area contributed by atoms with Gasteiger partial charge in [0.15, 0.2) is 6.10 Å². The Morgan fingerprint density at radius 1 is 0.582 bits per heavy atom. The van der Waals surface area contributed by atoms with Gasteiger partial charge in [0.2, 0.25) is 0 Å². The van der Waals surface area contributed by atoms with Crippen molar-refractivity contribution in [1.82, 2.24) is 0 Å². The molecule has 1 unspecified atom stereocenters. The number of nitrogens with zero attached hydrogens (tertiary/aromatic N) is 1. The van der Waals surface area contributed by atoms with Crippen LogP contribution in [0.5, 0.6) is 0 Å². The Morgan fingerprint density at radius 2 is 1.00 bits per heavy atom. The topological polar surface area (TPSA) is 137 Å². The van der Waals surface area contributed by atoms with Crippen LogP contribution >= 0.6 is 7.82 Å². The summed E-state index contributed by atoms with van der Waals surface area (Å²) in [4.78, 5) is 48.5. The highest BCUT2D eigenvalue weighted by molar-refractivity contribution is 7.45. The van der Waals surface area contributed by atoms with E-state index >= 15 is 0 Å². The largest absolute Gasteiger partial charge is 0.756 e. The van der Waals surface area contributed by atoms with E-state index in [9.17, 15) is 23.8 Å². The van der Waals surface area contributed by atoms with Crippen LogP contribution in [-0.2, 0) is 42.2 Å². The van der Waals surface area contributed by atoms with Gasteiger partial charge in [-0.3, -0.25) is 14.2 Å². The summed E-state index contributed by atoms with van der Waals surface area (Å²) in [5, 5.41) is 0. The molecule has 0 amide bonds. The van der Waals surface area contributed by atoms with Gasteiger partial charge < -0.3 is 32.6 Å². The van der Waals surface area contributed by atoms with Gasteiger partial charge in [0.25, 0.3) is 7.82 Å². The Hall–Kier alpha value is -1.78. The fourth-order valence-corrected chi connectivity index (χ4v) is 6.82. The first-order valence-corrected chi connectivity index (χ1v) is 23.4. The summed E-state index contributed by atoms with van der Waals surface area (Å²) in [5.41, 5.74) is 0. The summed E-state index contributed by atoms with van der Waals surface area (Å²) in [6.07, 6.45) is 30.6. The molecule has 2 atom stereocenters. The Balaban J connectivity index is 4.29. The third kappa shape index (κ3) is 40.2. The van der Waals surface area contributed by atoms with Crippen LogP contribution in [0.25, 0.3) is 0 Å². The molecular formula is C43H82NO10P. The molecule has 0 N–H and O–H groups in total. The summed E-state index contributed by atoms with van der Waals surface area (Å²) in [5.74, 6) is -1.21. The van der Waals surface area contributed by atoms with E-state index in [4.69, 9.17) is 23.3 Å². The number of carbonyl (C=O) groups excluding carboxylic acids is 3. The number of quaternary nitrogens is 1. The number of hydrogen-bond donors (Lipinski definition) is 0. The number of likely N-dealkylation sites (N-methyl/N-ethyl adjacent to an activating group) is 1. The fraction of sp³-hybridized carbons (Fsp3) is 0.884. The molecule has 0 aliphatic heterocycles. The summed E-state index contributed by atoms with van der Waals surface area (Å²) < 4.78 is 38.8. The maximum atomic E-state index is 12.7. The number of carbonyl (C=O) groups is 3. The molecule has 0 fully saturated rings. The van der Waals surface area contributed by atoms with Crippen molar-refractivity contribution >= 4 is 25.7 Å². The number of phosphoric ester groups is 1. The number of hydrogen-bond acceptors (Lipinski definition) is 10. The van der Waals surface area contributed by atoms with E-state index in [1.54, 1.807) is 0 Å². The Morgan fingerprint density at radius 3 is 1.44 bits per heavy atom. The molecule has 0 aromatic rings. The van der Waals surface area contributed by atoms with Crippen molar-refractivity contribution in [3.63, 3.8) is 0 Å². The molecular weight excluding hydrogens is 721 g/mol. The Labute approximate surface area is 336 Å². The van der Waals surface area contributed by atoms with E-state index < -0.39 is 32.5 Å². The molecule has 0 aliphatic rings. The van der Waals surface area contributed by atoms with Crippen LogP contribution < -0.4 is 4.89 Å². The minimum absolute atomic E-state index is 0.0396. The number of rotatable bonds is 41. The number of phosphoric acid groups is 1. The molecule has 0 saturated heterocycles. The summed E-state index contributed by atoms with van der Waals surface area (Å²) in [6.45, 7) is 5.78. The molecule has 55 heavy (non-hydrogen) atoms. The molecule has 0 bridgehead atoms. The molecule has 0 aromatic carbocycles. The molecule has 0 spiro atoms. The van der Waals surface area contributed by atoms with E-state index in [0.29, 0.717) is 24.1 Å². The van der Waals surface area contributed by atoms with Crippen LogP contribution in [0.15, 0.2) is 12.7 Å². The first kappa shape index (κ1) is 53.2. The average Bonchev–Trinajstić information content (AvgIpc) is 3.13. The van der Waals surface area contributed by atoms with Crippen molar-refractivity contribution in [2.24, 2.45) is 0 Å². The van der Waals surface area contributed by atoms with Crippen molar-refractivity contribution in [3.8, 4) is 0 Å². The molecule has 11 nitrogen and oxygen atoms in total. The van der Waals surface area contributed by atoms with E-state index in [1.165, 1.54) is 109 Å². The monoisotopic (exact) mass is 804 g/mol. The minimum atomic E-state index is -4.63. The maximum absolute atomic E-state index is 12.7. The van der Waals surface area contributed by atoms with Gasteiger partial charge in [0.05, 0.1) is 34.4 Å². The standard InChI is InChI=1S/C43H82NO10P/c1-6-8-9-10-11-12-13-15-18-21-24-27-30-33-42(46)51-38-40(39-53-55(48,49)52-37-35-44(3,4)5)54-43(47)34-31-28-25-22-19-16-14-17-20-23-26-29-32-36-50-41(45)7-2/h7,40H,2,6,8-39H2,1,3-5H3/t40-/m1/s1. The van der Waals surface area contributed by atoms with Gasteiger partial charge in [-0.05, 0) is 19.3 Å². The second-order valence-corrected chi connectivity index (χ2v) is 17.5. The number of unbranched alkanes of at least 4 members (excludes halogenated alkanes) is 24. The normalized spacial score (nSPS) is 13.3. The zero-order valence-electron chi connectivity index (χ0n) is 35.7. The van der Waals surface area contributed by atoms with Crippen LogP contribution in [0.3, 0.4) is 0 Å². The van der Waals surface area contributed by atoms with Crippen LogP contribution in [0, 0.1) is 0 Å². The lowest BCUT2D eigenvalue weighted by molar-refractivity contribution is -0.870. The Bertz CT molecular complexity index is 1000. The van der Waals surface area contributed by atoms with Gasteiger partial charge in [-0.25, -0.2) is 4.79 Å². The highest BCUT2D eigenvalue weighted by atomic mass is 31.2. The first-order chi connectivity index (χ1) is 26.4. The second-order valence-electron chi connectivity index (χ2n) is 16.1. The quantitative estimate of drug-likeness (QED) is 0.0147. The van der Waals surface area contributed by atoms with E-state index in [2.05, 4.69) is 13.5 Å². The van der Waals surface area contributed by atoms with Crippen molar-refractivity contribution in [3.05, 3.63) is 12.7 Å². The van der Waals surface area contributed by atoms with Crippen molar-refractivity contribution in [2.45, 2.75) is 193 Å². The van der Waals surface area contributed by atoms with Crippen LogP contribution in [0.2, 0.25) is 0 Å². The molecule has 0 saturated carbocycles. The van der Waals surface area contributed by atoms with E-state index in [-0.39, 0.29) is 32.0 Å². The lowest BCUT2D eigenvalue weighted by Crippen LogP contribution is -2.37.